The van der Waals surface area contributed by atoms with E-state index < -0.39 is 5.97 Å². The molecule has 1 saturated heterocycles. The third kappa shape index (κ3) is 5.14. The molecule has 0 spiro atoms. The molecule has 15 heavy (non-hydrogen) atoms. The Morgan fingerprint density at radius 2 is 2.07 bits per heavy atom. The molecule has 0 aliphatic carbocycles. The molecule has 1 aliphatic heterocycles. The van der Waals surface area contributed by atoms with Crippen LogP contribution in [0.5, 0.6) is 0 Å². The van der Waals surface area contributed by atoms with Crippen LogP contribution in [0.25, 0.3) is 0 Å². The number of likely N-dealkylation sites (tertiary alicyclic amines) is 1. The SMILES string of the molecule is CC(C)CN1CCC(OCC(=O)O)CC1. The Bertz CT molecular complexity index is 198. The van der Waals surface area contributed by atoms with Gasteiger partial charge < -0.3 is 14.7 Å². The highest BCUT2D eigenvalue weighted by Crippen LogP contribution is 2.14. The van der Waals surface area contributed by atoms with E-state index in [0.717, 1.165) is 32.5 Å². The minimum absolute atomic E-state index is 0.143. The molecule has 0 atom stereocenters. The van der Waals surface area contributed by atoms with E-state index in [2.05, 4.69) is 18.7 Å². The highest BCUT2D eigenvalue weighted by atomic mass is 16.5. The van der Waals surface area contributed by atoms with Gasteiger partial charge in [0.05, 0.1) is 6.10 Å². The second-order valence-electron chi connectivity index (χ2n) is 4.60. The van der Waals surface area contributed by atoms with Crippen LogP contribution in [-0.2, 0) is 9.53 Å². The molecule has 1 fully saturated rings. The molecule has 0 aromatic heterocycles. The van der Waals surface area contributed by atoms with Gasteiger partial charge in [0.25, 0.3) is 0 Å². The zero-order valence-electron chi connectivity index (χ0n) is 9.61. The van der Waals surface area contributed by atoms with E-state index in [-0.39, 0.29) is 12.7 Å². The van der Waals surface area contributed by atoms with E-state index in [0.29, 0.717) is 5.92 Å². The van der Waals surface area contributed by atoms with E-state index in [1.54, 1.807) is 0 Å². The van der Waals surface area contributed by atoms with Crippen LogP contribution in [0.2, 0.25) is 0 Å². The summed E-state index contributed by atoms with van der Waals surface area (Å²) in [7, 11) is 0. The maximum Gasteiger partial charge on any atom is 0.329 e. The van der Waals surface area contributed by atoms with Crippen LogP contribution in [0.1, 0.15) is 26.7 Å². The lowest BCUT2D eigenvalue weighted by atomic mass is 10.1. The standard InChI is InChI=1S/C11H21NO3/c1-9(2)7-12-5-3-10(4-6-12)15-8-11(13)14/h9-10H,3-8H2,1-2H3,(H,13,14). The monoisotopic (exact) mass is 215 g/mol. The van der Waals surface area contributed by atoms with Gasteiger partial charge in [0.15, 0.2) is 0 Å². The number of aliphatic carboxylic acids is 1. The van der Waals surface area contributed by atoms with Gasteiger partial charge in [-0.3, -0.25) is 0 Å². The Morgan fingerprint density at radius 3 is 2.53 bits per heavy atom. The zero-order chi connectivity index (χ0) is 11.3. The predicted octanol–water partition coefficient (Wildman–Crippen LogP) is 1.21. The van der Waals surface area contributed by atoms with Crippen LogP contribution in [-0.4, -0.2) is 48.3 Å². The molecular weight excluding hydrogens is 194 g/mol. The molecule has 1 rings (SSSR count). The lowest BCUT2D eigenvalue weighted by Gasteiger charge is -2.32. The second-order valence-corrected chi connectivity index (χ2v) is 4.60. The first-order valence-electron chi connectivity index (χ1n) is 5.63. The number of hydrogen-bond acceptors (Lipinski definition) is 3. The van der Waals surface area contributed by atoms with Crippen LogP contribution in [0.4, 0.5) is 0 Å². The molecule has 1 N–H and O–H groups in total. The highest BCUT2D eigenvalue weighted by Gasteiger charge is 2.20. The molecule has 0 radical (unpaired) electrons. The molecule has 4 nitrogen and oxygen atoms in total. The third-order valence-electron chi connectivity index (χ3n) is 2.60. The van der Waals surface area contributed by atoms with Gasteiger partial charge in [-0.1, -0.05) is 13.8 Å². The number of carboxylic acids is 1. The first kappa shape index (κ1) is 12.5. The molecule has 1 aliphatic rings. The van der Waals surface area contributed by atoms with Crippen molar-refractivity contribution in [2.45, 2.75) is 32.8 Å². The number of ether oxygens (including phenoxy) is 1. The predicted molar refractivity (Wildman–Crippen MR) is 57.9 cm³/mol. The summed E-state index contributed by atoms with van der Waals surface area (Å²) < 4.78 is 5.27. The molecule has 1 heterocycles. The number of rotatable bonds is 5. The zero-order valence-corrected chi connectivity index (χ0v) is 9.61. The van der Waals surface area contributed by atoms with Crippen molar-refractivity contribution in [3.05, 3.63) is 0 Å². The molecule has 0 aromatic rings. The molecule has 0 bridgehead atoms. The first-order valence-corrected chi connectivity index (χ1v) is 5.63. The summed E-state index contributed by atoms with van der Waals surface area (Å²) in [5, 5.41) is 8.48. The van der Waals surface area contributed by atoms with Crippen LogP contribution in [0, 0.1) is 5.92 Å². The van der Waals surface area contributed by atoms with E-state index in [1.165, 1.54) is 0 Å². The van der Waals surface area contributed by atoms with Crippen molar-refractivity contribution in [1.29, 1.82) is 0 Å². The van der Waals surface area contributed by atoms with Gasteiger partial charge in [-0.25, -0.2) is 4.79 Å². The van der Waals surface area contributed by atoms with Gasteiger partial charge >= 0.3 is 5.97 Å². The number of carbonyl (C=O) groups is 1. The lowest BCUT2D eigenvalue weighted by molar-refractivity contribution is -0.145. The van der Waals surface area contributed by atoms with E-state index in [4.69, 9.17) is 9.84 Å². The molecular formula is C11H21NO3. The normalized spacial score (nSPS) is 19.7. The van der Waals surface area contributed by atoms with Crippen molar-refractivity contribution in [2.24, 2.45) is 5.92 Å². The molecule has 4 heteroatoms. The molecule has 88 valence electrons. The van der Waals surface area contributed by atoms with E-state index in [9.17, 15) is 4.79 Å². The Morgan fingerprint density at radius 1 is 1.47 bits per heavy atom. The average Bonchev–Trinajstić information content (AvgIpc) is 2.16. The fourth-order valence-electron chi connectivity index (χ4n) is 1.96. The van der Waals surface area contributed by atoms with Crippen molar-refractivity contribution in [2.75, 3.05) is 26.2 Å². The van der Waals surface area contributed by atoms with Crippen LogP contribution in [0.3, 0.4) is 0 Å². The quantitative estimate of drug-likeness (QED) is 0.749. The molecule has 0 unspecified atom stereocenters. The lowest BCUT2D eigenvalue weighted by Crippen LogP contribution is -2.39. The summed E-state index contributed by atoms with van der Waals surface area (Å²) in [5.74, 6) is -0.180. The Kier molecular flexibility index (Phi) is 5.05. The van der Waals surface area contributed by atoms with Gasteiger partial charge in [-0.2, -0.15) is 0 Å². The third-order valence-corrected chi connectivity index (χ3v) is 2.60. The van der Waals surface area contributed by atoms with Crippen molar-refractivity contribution >= 4 is 5.97 Å². The van der Waals surface area contributed by atoms with Crippen LogP contribution < -0.4 is 0 Å². The van der Waals surface area contributed by atoms with Crippen LogP contribution >= 0.6 is 0 Å². The van der Waals surface area contributed by atoms with Gasteiger partial charge in [0.2, 0.25) is 0 Å². The molecule has 0 saturated carbocycles. The summed E-state index contributed by atoms with van der Waals surface area (Å²) >= 11 is 0. The van der Waals surface area contributed by atoms with Gasteiger partial charge in [0, 0.05) is 19.6 Å². The largest absolute Gasteiger partial charge is 0.480 e. The number of carboxylic acid groups (broad SMARTS) is 1. The van der Waals surface area contributed by atoms with Crippen LogP contribution in [0.15, 0.2) is 0 Å². The van der Waals surface area contributed by atoms with Gasteiger partial charge in [-0.05, 0) is 18.8 Å². The Labute approximate surface area is 91.2 Å². The minimum Gasteiger partial charge on any atom is -0.480 e. The second kappa shape index (κ2) is 6.08. The number of piperidine rings is 1. The van der Waals surface area contributed by atoms with Crippen molar-refractivity contribution in [1.82, 2.24) is 4.90 Å². The van der Waals surface area contributed by atoms with E-state index >= 15 is 0 Å². The maximum absolute atomic E-state index is 10.3. The summed E-state index contributed by atoms with van der Waals surface area (Å²) in [4.78, 5) is 12.7. The fourth-order valence-corrected chi connectivity index (χ4v) is 1.96. The maximum atomic E-state index is 10.3. The first-order chi connectivity index (χ1) is 7.08. The summed E-state index contributed by atoms with van der Waals surface area (Å²) in [6.45, 7) is 7.46. The van der Waals surface area contributed by atoms with Gasteiger partial charge in [0.1, 0.15) is 6.61 Å². The Hall–Kier alpha value is -0.610. The smallest absolute Gasteiger partial charge is 0.329 e. The fraction of sp³-hybridized carbons (Fsp3) is 0.909. The molecule has 0 amide bonds. The van der Waals surface area contributed by atoms with Crippen molar-refractivity contribution in [3.8, 4) is 0 Å². The number of nitrogens with zero attached hydrogens (tertiary/aromatic N) is 1. The highest BCUT2D eigenvalue weighted by molar-refractivity contribution is 5.68. The Balaban J connectivity index is 2.15. The van der Waals surface area contributed by atoms with Crippen molar-refractivity contribution < 1.29 is 14.6 Å². The van der Waals surface area contributed by atoms with E-state index in [1.807, 2.05) is 0 Å². The summed E-state index contributed by atoms with van der Waals surface area (Å²) in [6, 6.07) is 0. The average molecular weight is 215 g/mol. The van der Waals surface area contributed by atoms with Crippen molar-refractivity contribution in [3.63, 3.8) is 0 Å². The van der Waals surface area contributed by atoms with Gasteiger partial charge in [-0.15, -0.1) is 0 Å². The topological polar surface area (TPSA) is 49.8 Å². The summed E-state index contributed by atoms with van der Waals surface area (Å²) in [6.07, 6.45) is 2.06. The minimum atomic E-state index is -0.875. The number of hydrogen-bond donors (Lipinski definition) is 1. The summed E-state index contributed by atoms with van der Waals surface area (Å²) in [5.41, 5.74) is 0. The molecule has 0 aromatic carbocycles.